The number of hydrogen-bond acceptors (Lipinski definition) is 5. The first kappa shape index (κ1) is 12.3. The molecule has 0 radical (unpaired) electrons. The third kappa shape index (κ3) is 2.13. The first-order chi connectivity index (χ1) is 9.65. The molecule has 1 aromatic heterocycles. The lowest BCUT2D eigenvalue weighted by Gasteiger charge is -2.20. The molecule has 7 nitrogen and oxygen atoms in total. The van der Waals surface area contributed by atoms with Gasteiger partial charge >= 0.3 is 0 Å². The van der Waals surface area contributed by atoms with Crippen LogP contribution < -0.4 is 20.5 Å². The van der Waals surface area contributed by atoms with Crippen molar-refractivity contribution in [3.63, 3.8) is 0 Å². The van der Waals surface area contributed by atoms with Crippen LogP contribution in [0.2, 0.25) is 0 Å². The Bertz CT molecular complexity index is 666. The second kappa shape index (κ2) is 4.76. The molecule has 3 N–H and O–H groups in total. The first-order valence-corrected chi connectivity index (χ1v) is 6.13. The van der Waals surface area contributed by atoms with Crippen molar-refractivity contribution in [1.82, 2.24) is 9.78 Å². The lowest BCUT2D eigenvalue weighted by molar-refractivity contribution is 0.101. The van der Waals surface area contributed by atoms with Gasteiger partial charge in [-0.1, -0.05) is 0 Å². The number of carbonyl (C=O) groups excluding carboxylic acids is 1. The van der Waals surface area contributed by atoms with Crippen LogP contribution in [0.15, 0.2) is 24.4 Å². The maximum Gasteiger partial charge on any atom is 0.273 e. The lowest BCUT2D eigenvalue weighted by atomic mass is 10.2. The Balaban J connectivity index is 1.87. The summed E-state index contributed by atoms with van der Waals surface area (Å²) in [6.07, 6.45) is 1.56. The van der Waals surface area contributed by atoms with Gasteiger partial charge in [-0.2, -0.15) is 5.10 Å². The van der Waals surface area contributed by atoms with E-state index in [-0.39, 0.29) is 5.91 Å². The summed E-state index contributed by atoms with van der Waals surface area (Å²) in [6, 6.07) is 4.94. The zero-order chi connectivity index (χ0) is 14.1. The Morgan fingerprint density at radius 1 is 1.35 bits per heavy atom. The summed E-state index contributed by atoms with van der Waals surface area (Å²) in [7, 11) is 1.70. The molecular formula is C13H14N4O3. The molecule has 2 aromatic rings. The number of benzene rings is 1. The molecule has 1 aliphatic heterocycles. The molecule has 1 amide bonds. The minimum atomic E-state index is -0.284. The van der Waals surface area contributed by atoms with E-state index >= 15 is 0 Å². The number of carbonyl (C=O) groups is 1. The van der Waals surface area contributed by atoms with Gasteiger partial charge in [0.15, 0.2) is 11.5 Å². The Labute approximate surface area is 115 Å². The summed E-state index contributed by atoms with van der Waals surface area (Å²) in [6.45, 7) is 0.971. The van der Waals surface area contributed by atoms with Crippen molar-refractivity contribution < 1.29 is 14.3 Å². The molecule has 1 aliphatic rings. The smallest absolute Gasteiger partial charge is 0.273 e. The molecule has 7 heteroatoms. The van der Waals surface area contributed by atoms with Crippen molar-refractivity contribution in [2.45, 2.75) is 0 Å². The van der Waals surface area contributed by atoms with Crippen LogP contribution in [0.5, 0.6) is 11.5 Å². The van der Waals surface area contributed by atoms with Gasteiger partial charge in [0.25, 0.3) is 5.91 Å². The number of anilines is 2. The number of nitrogen functional groups attached to an aromatic ring is 1. The Morgan fingerprint density at radius 3 is 2.70 bits per heavy atom. The molecule has 1 aromatic carbocycles. The second-order valence-corrected chi connectivity index (χ2v) is 4.38. The molecule has 2 heterocycles. The van der Waals surface area contributed by atoms with Gasteiger partial charge in [0, 0.05) is 25.4 Å². The molecule has 0 unspecified atom stereocenters. The van der Waals surface area contributed by atoms with Crippen LogP contribution in [-0.2, 0) is 7.05 Å². The lowest BCUT2D eigenvalue weighted by Crippen LogP contribution is -2.19. The summed E-state index contributed by atoms with van der Waals surface area (Å²) in [4.78, 5) is 12.1. The third-order valence-electron chi connectivity index (χ3n) is 3.02. The number of hydrogen-bond donors (Lipinski definition) is 2. The number of aryl methyl sites for hydroxylation is 1. The van der Waals surface area contributed by atoms with Gasteiger partial charge in [-0.3, -0.25) is 9.48 Å². The van der Waals surface area contributed by atoms with Crippen LogP contribution in [0.1, 0.15) is 10.5 Å². The van der Waals surface area contributed by atoms with Crippen LogP contribution >= 0.6 is 0 Å². The molecule has 0 atom stereocenters. The van der Waals surface area contributed by atoms with Crippen molar-refractivity contribution in [3.8, 4) is 11.5 Å². The van der Waals surface area contributed by atoms with Gasteiger partial charge in [0.05, 0.1) is 11.4 Å². The van der Waals surface area contributed by atoms with E-state index in [1.54, 1.807) is 31.4 Å². The first-order valence-electron chi connectivity index (χ1n) is 6.13. The van der Waals surface area contributed by atoms with Gasteiger partial charge < -0.3 is 20.5 Å². The SMILES string of the molecule is Cn1nccc1C(=O)Nc1cc2c(cc1N)OCCO2. The second-order valence-electron chi connectivity index (χ2n) is 4.38. The largest absolute Gasteiger partial charge is 0.486 e. The number of nitrogens with one attached hydrogen (secondary N) is 1. The van der Waals surface area contributed by atoms with Crippen LogP contribution in [0, 0.1) is 0 Å². The van der Waals surface area contributed by atoms with E-state index < -0.39 is 0 Å². The van der Waals surface area contributed by atoms with E-state index in [1.807, 2.05) is 0 Å². The third-order valence-corrected chi connectivity index (χ3v) is 3.02. The molecule has 0 fully saturated rings. The number of ether oxygens (including phenoxy) is 2. The predicted octanol–water partition coefficient (Wildman–Crippen LogP) is 1.03. The average Bonchev–Trinajstić information content (AvgIpc) is 2.86. The Hall–Kier alpha value is -2.70. The quantitative estimate of drug-likeness (QED) is 0.798. The molecule has 0 bridgehead atoms. The predicted molar refractivity (Wildman–Crippen MR) is 73.0 cm³/mol. The van der Waals surface area contributed by atoms with Gasteiger partial charge in [0.1, 0.15) is 18.9 Å². The fraction of sp³-hybridized carbons (Fsp3) is 0.231. The van der Waals surface area contributed by atoms with Crippen LogP contribution in [0.4, 0.5) is 11.4 Å². The standard InChI is InChI=1S/C13H14N4O3/c1-17-10(2-3-15-17)13(18)16-9-7-12-11(6-8(9)14)19-4-5-20-12/h2-3,6-7H,4-5,14H2,1H3,(H,16,18). The monoisotopic (exact) mass is 274 g/mol. The fourth-order valence-electron chi connectivity index (χ4n) is 2.00. The Kier molecular flexibility index (Phi) is 2.94. The number of aromatic nitrogens is 2. The van der Waals surface area contributed by atoms with Crippen LogP contribution in [-0.4, -0.2) is 28.9 Å². The normalized spacial score (nSPS) is 13.1. The van der Waals surface area contributed by atoms with Gasteiger partial charge in [-0.05, 0) is 6.07 Å². The molecule has 104 valence electrons. The maximum atomic E-state index is 12.1. The van der Waals surface area contributed by atoms with Gasteiger partial charge in [-0.15, -0.1) is 0 Å². The Morgan fingerprint density at radius 2 is 2.05 bits per heavy atom. The van der Waals surface area contributed by atoms with Crippen molar-refractivity contribution in [2.75, 3.05) is 24.3 Å². The molecule has 0 saturated heterocycles. The highest BCUT2D eigenvalue weighted by molar-refractivity contribution is 6.04. The minimum absolute atomic E-state index is 0.284. The van der Waals surface area contributed by atoms with E-state index in [0.717, 1.165) is 0 Å². The summed E-state index contributed by atoms with van der Waals surface area (Å²) >= 11 is 0. The number of fused-ring (bicyclic) bond motifs is 1. The fourth-order valence-corrected chi connectivity index (χ4v) is 2.00. The van der Waals surface area contributed by atoms with Crippen molar-refractivity contribution in [2.24, 2.45) is 7.05 Å². The highest BCUT2D eigenvalue weighted by atomic mass is 16.6. The molecular weight excluding hydrogens is 260 g/mol. The molecule has 20 heavy (non-hydrogen) atoms. The van der Waals surface area contributed by atoms with E-state index in [4.69, 9.17) is 15.2 Å². The number of nitrogens with two attached hydrogens (primary N) is 1. The average molecular weight is 274 g/mol. The van der Waals surface area contributed by atoms with E-state index in [2.05, 4.69) is 10.4 Å². The molecule has 0 spiro atoms. The highest BCUT2D eigenvalue weighted by Crippen LogP contribution is 2.37. The number of rotatable bonds is 2. The topological polar surface area (TPSA) is 91.4 Å². The molecule has 3 rings (SSSR count). The highest BCUT2D eigenvalue weighted by Gasteiger charge is 2.17. The van der Waals surface area contributed by atoms with Crippen molar-refractivity contribution in [1.29, 1.82) is 0 Å². The summed E-state index contributed by atoms with van der Waals surface area (Å²) in [5.41, 5.74) is 7.26. The van der Waals surface area contributed by atoms with Gasteiger partial charge in [0.2, 0.25) is 0 Å². The summed E-state index contributed by atoms with van der Waals surface area (Å²) in [5, 5.41) is 6.70. The zero-order valence-corrected chi connectivity index (χ0v) is 10.9. The van der Waals surface area contributed by atoms with Gasteiger partial charge in [-0.25, -0.2) is 0 Å². The zero-order valence-electron chi connectivity index (χ0n) is 10.9. The summed E-state index contributed by atoms with van der Waals surface area (Å²) in [5.74, 6) is 0.881. The van der Waals surface area contributed by atoms with Crippen molar-refractivity contribution in [3.05, 3.63) is 30.1 Å². The van der Waals surface area contributed by atoms with E-state index in [0.29, 0.717) is 41.8 Å². The molecule has 0 aliphatic carbocycles. The molecule has 0 saturated carbocycles. The van der Waals surface area contributed by atoms with Crippen LogP contribution in [0.3, 0.4) is 0 Å². The van der Waals surface area contributed by atoms with E-state index in [1.165, 1.54) is 4.68 Å². The van der Waals surface area contributed by atoms with E-state index in [9.17, 15) is 4.79 Å². The van der Waals surface area contributed by atoms with Crippen LogP contribution in [0.25, 0.3) is 0 Å². The summed E-state index contributed by atoms with van der Waals surface area (Å²) < 4.78 is 12.4. The number of amides is 1. The minimum Gasteiger partial charge on any atom is -0.486 e. The maximum absolute atomic E-state index is 12.1. The number of nitrogens with zero attached hydrogens (tertiary/aromatic N) is 2. The van der Waals surface area contributed by atoms with Crippen molar-refractivity contribution >= 4 is 17.3 Å².